The minimum atomic E-state index is -1.30. The molecule has 0 spiro atoms. The van der Waals surface area contributed by atoms with Crippen LogP contribution in [-0.2, 0) is 16.0 Å². The van der Waals surface area contributed by atoms with Crippen LogP contribution in [0.5, 0.6) is 5.75 Å². The van der Waals surface area contributed by atoms with Gasteiger partial charge in [0.15, 0.2) is 11.9 Å². The van der Waals surface area contributed by atoms with Crippen molar-refractivity contribution in [2.24, 2.45) is 5.41 Å². The first-order valence-electron chi connectivity index (χ1n) is 13.9. The number of piperidine rings is 1. The molecule has 2 aromatic heterocycles. The fourth-order valence-electron chi connectivity index (χ4n) is 4.99. The first-order valence-corrected chi connectivity index (χ1v) is 13.9. The number of hydrogen-bond acceptors (Lipinski definition) is 6. The van der Waals surface area contributed by atoms with Crippen LogP contribution in [0.4, 0.5) is 14.5 Å². The molecule has 3 heterocycles. The molecule has 41 heavy (non-hydrogen) atoms. The molecule has 0 radical (unpaired) electrons. The number of aryl methyl sites for hydroxylation is 1. The maximum Gasteiger partial charge on any atom is 0.337 e. The minimum absolute atomic E-state index is 0.0596. The highest BCUT2D eigenvalue weighted by Crippen LogP contribution is 2.43. The molecule has 0 saturated carbocycles. The lowest BCUT2D eigenvalue weighted by Gasteiger charge is -2.40. The van der Waals surface area contributed by atoms with Crippen LogP contribution in [0.2, 0.25) is 0 Å². The Hall–Kier alpha value is -3.59. The standard InChI is InChI=1S/C32H39F2N3O4/c1-20-26(29(30(38)39)41-31(2,3)4)28(37-14-12-32(5,6)13-15-37)24(19-35-20)27-25(34)17-23(18-36-27)40-16-11-21-7-9-22(33)10-8-21/h7-10,17-19,29H,11-16H2,1-6H3,(H,38,39). The summed E-state index contributed by atoms with van der Waals surface area (Å²) < 4.78 is 40.6. The number of carboxylic acid groups (broad SMARTS) is 1. The maximum atomic E-state index is 15.7. The second kappa shape index (κ2) is 12.1. The van der Waals surface area contributed by atoms with Crippen molar-refractivity contribution < 1.29 is 28.2 Å². The Labute approximate surface area is 240 Å². The van der Waals surface area contributed by atoms with Crippen molar-refractivity contribution in [1.29, 1.82) is 0 Å². The lowest BCUT2D eigenvalue weighted by atomic mass is 9.82. The third kappa shape index (κ3) is 7.58. The lowest BCUT2D eigenvalue weighted by Crippen LogP contribution is -2.39. The van der Waals surface area contributed by atoms with Gasteiger partial charge in [0.1, 0.15) is 17.3 Å². The molecule has 1 aliphatic rings. The van der Waals surface area contributed by atoms with Gasteiger partial charge in [-0.15, -0.1) is 0 Å². The fourth-order valence-corrected chi connectivity index (χ4v) is 4.99. The number of ether oxygens (including phenoxy) is 2. The van der Waals surface area contributed by atoms with Crippen molar-refractivity contribution in [3.05, 3.63) is 71.2 Å². The molecule has 1 N–H and O–H groups in total. The molecule has 0 aliphatic carbocycles. The van der Waals surface area contributed by atoms with Crippen molar-refractivity contribution in [1.82, 2.24) is 9.97 Å². The molecule has 9 heteroatoms. The number of anilines is 1. The molecule has 1 aliphatic heterocycles. The number of carboxylic acids is 1. The number of carbonyl (C=O) groups is 1. The van der Waals surface area contributed by atoms with Gasteiger partial charge in [-0.3, -0.25) is 4.98 Å². The van der Waals surface area contributed by atoms with Crippen molar-refractivity contribution in [2.45, 2.75) is 72.5 Å². The van der Waals surface area contributed by atoms with Gasteiger partial charge in [0.2, 0.25) is 0 Å². The summed E-state index contributed by atoms with van der Waals surface area (Å²) in [4.78, 5) is 23.6. The van der Waals surface area contributed by atoms with Gasteiger partial charge in [-0.25, -0.2) is 18.6 Å². The van der Waals surface area contributed by atoms with Crippen LogP contribution in [0.25, 0.3) is 11.3 Å². The van der Waals surface area contributed by atoms with Crippen molar-refractivity contribution >= 4 is 11.7 Å². The summed E-state index contributed by atoms with van der Waals surface area (Å²) >= 11 is 0. The zero-order valence-electron chi connectivity index (χ0n) is 24.6. The predicted octanol–water partition coefficient (Wildman–Crippen LogP) is 6.92. The van der Waals surface area contributed by atoms with Gasteiger partial charge < -0.3 is 19.5 Å². The number of pyridine rings is 2. The van der Waals surface area contributed by atoms with Crippen LogP contribution < -0.4 is 9.64 Å². The summed E-state index contributed by atoms with van der Waals surface area (Å²) in [5.74, 6) is -1.80. The van der Waals surface area contributed by atoms with Crippen molar-refractivity contribution in [3.63, 3.8) is 0 Å². The molecule has 1 atom stereocenters. The van der Waals surface area contributed by atoms with Crippen molar-refractivity contribution in [3.8, 4) is 17.0 Å². The second-order valence-electron chi connectivity index (χ2n) is 12.3. The largest absolute Gasteiger partial charge is 0.492 e. The molecule has 7 nitrogen and oxygen atoms in total. The SMILES string of the molecule is Cc1ncc(-c2ncc(OCCc3ccc(F)cc3)cc2F)c(N2CCC(C)(C)CC2)c1C(OC(C)(C)C)C(=O)O. The van der Waals surface area contributed by atoms with Gasteiger partial charge >= 0.3 is 5.97 Å². The molecule has 1 aromatic carbocycles. The first kappa shape index (κ1) is 30.4. The van der Waals surface area contributed by atoms with Gasteiger partial charge in [-0.1, -0.05) is 26.0 Å². The first-order chi connectivity index (χ1) is 19.2. The smallest absolute Gasteiger partial charge is 0.337 e. The summed E-state index contributed by atoms with van der Waals surface area (Å²) in [5.41, 5.74) is 2.26. The fraction of sp³-hybridized carbons (Fsp3) is 0.469. The summed E-state index contributed by atoms with van der Waals surface area (Å²) in [6, 6.07) is 7.41. The topological polar surface area (TPSA) is 84.8 Å². The Bertz CT molecular complexity index is 1380. The number of aliphatic carboxylic acids is 1. The van der Waals surface area contributed by atoms with Crippen LogP contribution >= 0.6 is 0 Å². The third-order valence-corrected chi connectivity index (χ3v) is 7.32. The van der Waals surface area contributed by atoms with E-state index in [-0.39, 0.29) is 29.3 Å². The zero-order valence-corrected chi connectivity index (χ0v) is 24.6. The van der Waals surface area contributed by atoms with E-state index in [9.17, 15) is 14.3 Å². The van der Waals surface area contributed by atoms with E-state index in [1.807, 2.05) is 0 Å². The average Bonchev–Trinajstić information content (AvgIpc) is 2.88. The molecule has 1 saturated heterocycles. The molecule has 1 fully saturated rings. The van der Waals surface area contributed by atoms with Crippen molar-refractivity contribution in [2.75, 3.05) is 24.6 Å². The van der Waals surface area contributed by atoms with E-state index in [1.165, 1.54) is 24.4 Å². The van der Waals surface area contributed by atoms with E-state index in [4.69, 9.17) is 9.47 Å². The van der Waals surface area contributed by atoms with Gasteiger partial charge in [-0.2, -0.15) is 0 Å². The van der Waals surface area contributed by atoms with Gasteiger partial charge in [-0.05, 0) is 63.6 Å². The third-order valence-electron chi connectivity index (χ3n) is 7.32. The normalized spacial score (nSPS) is 16.0. The minimum Gasteiger partial charge on any atom is -0.492 e. The molecule has 1 unspecified atom stereocenters. The molecule has 0 amide bonds. The monoisotopic (exact) mass is 567 g/mol. The Morgan fingerprint density at radius 2 is 1.76 bits per heavy atom. The van der Waals surface area contributed by atoms with E-state index in [0.29, 0.717) is 42.0 Å². The highest BCUT2D eigenvalue weighted by Gasteiger charge is 2.36. The number of nitrogens with zero attached hydrogens (tertiary/aromatic N) is 3. The Balaban J connectivity index is 1.71. The Morgan fingerprint density at radius 1 is 1.10 bits per heavy atom. The number of benzene rings is 1. The number of hydrogen-bond donors (Lipinski definition) is 1. The molecule has 4 rings (SSSR count). The Kier molecular flexibility index (Phi) is 8.97. The van der Waals surface area contributed by atoms with Crippen LogP contribution in [0.15, 0.2) is 42.7 Å². The van der Waals surface area contributed by atoms with Gasteiger partial charge in [0, 0.05) is 48.6 Å². The predicted molar refractivity (Wildman–Crippen MR) is 154 cm³/mol. The average molecular weight is 568 g/mol. The molecule has 220 valence electrons. The molecule has 0 bridgehead atoms. The summed E-state index contributed by atoms with van der Waals surface area (Å²) in [6.07, 6.45) is 4.01. The quantitative estimate of drug-likeness (QED) is 0.300. The van der Waals surface area contributed by atoms with Crippen LogP contribution in [0, 0.1) is 24.0 Å². The molecule has 3 aromatic rings. The summed E-state index contributed by atoms with van der Waals surface area (Å²) in [7, 11) is 0. The van der Waals surface area contributed by atoms with Crippen LogP contribution in [0.3, 0.4) is 0 Å². The number of halogens is 2. The Morgan fingerprint density at radius 3 is 2.34 bits per heavy atom. The molecular weight excluding hydrogens is 528 g/mol. The zero-order chi connectivity index (χ0) is 29.9. The summed E-state index contributed by atoms with van der Waals surface area (Å²) in [5, 5.41) is 10.3. The number of aromatic nitrogens is 2. The van der Waals surface area contributed by atoms with E-state index in [2.05, 4.69) is 28.7 Å². The maximum absolute atomic E-state index is 15.7. The van der Waals surface area contributed by atoms with Crippen LogP contribution in [0.1, 0.15) is 70.4 Å². The van der Waals surface area contributed by atoms with E-state index >= 15 is 4.39 Å². The highest BCUT2D eigenvalue weighted by molar-refractivity contribution is 5.85. The van der Waals surface area contributed by atoms with E-state index in [0.717, 1.165) is 18.4 Å². The highest BCUT2D eigenvalue weighted by atomic mass is 19.1. The molecular formula is C32H39F2N3O4. The van der Waals surface area contributed by atoms with E-state index < -0.39 is 23.5 Å². The van der Waals surface area contributed by atoms with Gasteiger partial charge in [0.05, 0.1) is 24.1 Å². The lowest BCUT2D eigenvalue weighted by molar-refractivity contribution is -0.160. The van der Waals surface area contributed by atoms with E-state index in [1.54, 1.807) is 46.0 Å². The second-order valence-corrected chi connectivity index (χ2v) is 12.3. The van der Waals surface area contributed by atoms with Gasteiger partial charge in [0.25, 0.3) is 0 Å². The number of rotatable bonds is 9. The summed E-state index contributed by atoms with van der Waals surface area (Å²) in [6.45, 7) is 13.2. The van der Waals surface area contributed by atoms with Crippen LogP contribution in [-0.4, -0.2) is 46.3 Å².